The average Bonchev–Trinajstić information content (AvgIpc) is 3.28. The zero-order valence-corrected chi connectivity index (χ0v) is 13.6. The third-order valence-corrected chi connectivity index (χ3v) is 4.55. The number of hydrogen-bond acceptors (Lipinski definition) is 3. The smallest absolute Gasteiger partial charge is 0.407 e. The van der Waals surface area contributed by atoms with E-state index in [0.717, 1.165) is 25.7 Å². The van der Waals surface area contributed by atoms with Crippen molar-refractivity contribution in [3.63, 3.8) is 0 Å². The van der Waals surface area contributed by atoms with Gasteiger partial charge in [0.05, 0.1) is 12.6 Å². The summed E-state index contributed by atoms with van der Waals surface area (Å²) in [7, 11) is 0. The molecule has 124 valence electrons. The summed E-state index contributed by atoms with van der Waals surface area (Å²) in [6.07, 6.45) is 4.11. The number of rotatable bonds is 6. The van der Waals surface area contributed by atoms with Crippen LogP contribution in [0.2, 0.25) is 0 Å². The lowest BCUT2D eigenvalue weighted by molar-refractivity contribution is -0.134. The van der Waals surface area contributed by atoms with Gasteiger partial charge in [0.1, 0.15) is 0 Å². The molecule has 2 aliphatic carbocycles. The van der Waals surface area contributed by atoms with Crippen molar-refractivity contribution in [1.82, 2.24) is 10.2 Å². The van der Waals surface area contributed by atoms with E-state index in [0.29, 0.717) is 25.6 Å². The first-order valence-electron chi connectivity index (χ1n) is 8.50. The molecule has 1 fully saturated rings. The maximum Gasteiger partial charge on any atom is 0.407 e. The Morgan fingerprint density at radius 3 is 2.78 bits per heavy atom. The monoisotopic (exact) mass is 316 g/mol. The molecular weight excluding hydrogens is 292 g/mol. The van der Waals surface area contributed by atoms with Gasteiger partial charge in [-0.2, -0.15) is 0 Å². The van der Waals surface area contributed by atoms with Crippen molar-refractivity contribution in [2.45, 2.75) is 51.1 Å². The van der Waals surface area contributed by atoms with E-state index in [1.165, 1.54) is 11.1 Å². The molecule has 0 heterocycles. The fourth-order valence-electron chi connectivity index (χ4n) is 3.39. The van der Waals surface area contributed by atoms with Gasteiger partial charge in [0, 0.05) is 19.0 Å². The van der Waals surface area contributed by atoms with Crippen LogP contribution in [0.25, 0.3) is 0 Å². The summed E-state index contributed by atoms with van der Waals surface area (Å²) in [5, 5.41) is 2.63. The van der Waals surface area contributed by atoms with Crippen LogP contribution in [0.4, 0.5) is 4.79 Å². The molecule has 1 aromatic rings. The standard InChI is InChI=1S/C18H24N2O3/c1-2-23-18(22)19-12-11-17(21)20(14-8-9-14)16-10-7-13-5-3-4-6-15(13)16/h3-6,14,16H,2,7-12H2,1H3,(H,19,22)/t16-/m0/s1. The fraction of sp³-hybridized carbons (Fsp3) is 0.556. The van der Waals surface area contributed by atoms with Crippen molar-refractivity contribution >= 4 is 12.0 Å². The predicted octanol–water partition coefficient (Wildman–Crippen LogP) is 2.80. The highest BCUT2D eigenvalue weighted by molar-refractivity contribution is 5.78. The number of aryl methyl sites for hydroxylation is 1. The maximum atomic E-state index is 12.7. The Hall–Kier alpha value is -2.04. The van der Waals surface area contributed by atoms with Crippen molar-refractivity contribution in [3.8, 4) is 0 Å². The Kier molecular flexibility index (Phi) is 4.84. The highest BCUT2D eigenvalue weighted by atomic mass is 16.5. The summed E-state index contributed by atoms with van der Waals surface area (Å²) in [5.74, 6) is 0.131. The molecule has 0 aliphatic heterocycles. The van der Waals surface area contributed by atoms with E-state index < -0.39 is 6.09 Å². The van der Waals surface area contributed by atoms with E-state index in [1.54, 1.807) is 6.92 Å². The van der Waals surface area contributed by atoms with E-state index in [2.05, 4.69) is 34.5 Å². The molecule has 0 aromatic heterocycles. The van der Waals surface area contributed by atoms with Crippen LogP contribution in [-0.2, 0) is 16.0 Å². The molecule has 1 N–H and O–H groups in total. The minimum atomic E-state index is -0.454. The third kappa shape index (κ3) is 3.66. The van der Waals surface area contributed by atoms with Crippen LogP contribution in [0.1, 0.15) is 49.8 Å². The first kappa shape index (κ1) is 15.8. The number of alkyl carbamates (subject to hydrolysis) is 1. The highest BCUT2D eigenvalue weighted by Gasteiger charge is 2.39. The number of carbonyl (C=O) groups is 2. The minimum Gasteiger partial charge on any atom is -0.450 e. The molecule has 0 unspecified atom stereocenters. The summed E-state index contributed by atoms with van der Waals surface area (Å²) >= 11 is 0. The molecule has 0 radical (unpaired) electrons. The van der Waals surface area contributed by atoms with Gasteiger partial charge < -0.3 is 15.0 Å². The first-order chi connectivity index (χ1) is 11.2. The predicted molar refractivity (Wildman–Crippen MR) is 87.0 cm³/mol. The summed E-state index contributed by atoms with van der Waals surface area (Å²) in [6.45, 7) is 2.43. The van der Waals surface area contributed by atoms with Gasteiger partial charge in [0.25, 0.3) is 0 Å². The second-order valence-electron chi connectivity index (χ2n) is 6.18. The molecular formula is C18H24N2O3. The van der Waals surface area contributed by atoms with Crippen molar-refractivity contribution in [2.24, 2.45) is 0 Å². The van der Waals surface area contributed by atoms with Gasteiger partial charge in [0.2, 0.25) is 5.91 Å². The Bertz CT molecular complexity index is 583. The maximum absolute atomic E-state index is 12.7. The van der Waals surface area contributed by atoms with Crippen LogP contribution < -0.4 is 5.32 Å². The molecule has 1 aromatic carbocycles. The van der Waals surface area contributed by atoms with Gasteiger partial charge in [0.15, 0.2) is 0 Å². The fourth-order valence-corrected chi connectivity index (χ4v) is 3.39. The normalized spacial score (nSPS) is 19.1. The number of ether oxygens (including phenoxy) is 1. The third-order valence-electron chi connectivity index (χ3n) is 4.55. The molecule has 1 saturated carbocycles. The second kappa shape index (κ2) is 7.02. The largest absolute Gasteiger partial charge is 0.450 e. The van der Waals surface area contributed by atoms with Gasteiger partial charge in [-0.3, -0.25) is 4.79 Å². The Balaban J connectivity index is 1.61. The van der Waals surface area contributed by atoms with Crippen molar-refractivity contribution in [2.75, 3.05) is 13.2 Å². The summed E-state index contributed by atoms with van der Waals surface area (Å²) in [5.41, 5.74) is 2.66. The van der Waals surface area contributed by atoms with Crippen molar-refractivity contribution < 1.29 is 14.3 Å². The van der Waals surface area contributed by atoms with E-state index in [1.807, 2.05) is 0 Å². The number of nitrogens with one attached hydrogen (secondary N) is 1. The second-order valence-corrected chi connectivity index (χ2v) is 6.18. The molecule has 1 atom stereocenters. The van der Waals surface area contributed by atoms with Gasteiger partial charge in [-0.15, -0.1) is 0 Å². The Morgan fingerprint density at radius 2 is 2.04 bits per heavy atom. The lowest BCUT2D eigenvalue weighted by Gasteiger charge is -2.30. The van der Waals surface area contributed by atoms with Crippen LogP contribution in [0.3, 0.4) is 0 Å². The molecule has 5 heteroatoms. The van der Waals surface area contributed by atoms with Crippen LogP contribution in [0.15, 0.2) is 24.3 Å². The highest BCUT2D eigenvalue weighted by Crippen LogP contribution is 2.41. The molecule has 0 spiro atoms. The van der Waals surface area contributed by atoms with Gasteiger partial charge >= 0.3 is 6.09 Å². The van der Waals surface area contributed by atoms with Crippen LogP contribution in [-0.4, -0.2) is 36.1 Å². The summed E-state index contributed by atoms with van der Waals surface area (Å²) < 4.78 is 4.82. The Labute approximate surface area is 137 Å². The molecule has 3 rings (SSSR count). The molecule has 0 saturated heterocycles. The number of fused-ring (bicyclic) bond motifs is 1. The SMILES string of the molecule is CCOC(=O)NCCC(=O)N(C1CC1)[C@H]1CCc2ccccc21. The van der Waals surface area contributed by atoms with Crippen molar-refractivity contribution in [3.05, 3.63) is 35.4 Å². The molecule has 23 heavy (non-hydrogen) atoms. The number of benzene rings is 1. The molecule has 2 aliphatic rings. The van der Waals surface area contributed by atoms with E-state index in [4.69, 9.17) is 4.74 Å². The zero-order chi connectivity index (χ0) is 16.2. The van der Waals surface area contributed by atoms with Crippen LogP contribution in [0.5, 0.6) is 0 Å². The van der Waals surface area contributed by atoms with Gasteiger partial charge in [-0.25, -0.2) is 4.79 Å². The quantitative estimate of drug-likeness (QED) is 0.878. The van der Waals surface area contributed by atoms with Crippen molar-refractivity contribution in [1.29, 1.82) is 0 Å². The number of hydrogen-bond donors (Lipinski definition) is 1. The van der Waals surface area contributed by atoms with Crippen LogP contribution >= 0.6 is 0 Å². The molecule has 2 amide bonds. The minimum absolute atomic E-state index is 0.131. The topological polar surface area (TPSA) is 58.6 Å². The number of nitrogens with zero attached hydrogens (tertiary/aromatic N) is 1. The van der Waals surface area contributed by atoms with Gasteiger partial charge in [-0.1, -0.05) is 24.3 Å². The van der Waals surface area contributed by atoms with Gasteiger partial charge in [-0.05, 0) is 43.7 Å². The number of carbonyl (C=O) groups excluding carboxylic acids is 2. The molecule has 5 nitrogen and oxygen atoms in total. The lowest BCUT2D eigenvalue weighted by atomic mass is 10.1. The van der Waals surface area contributed by atoms with E-state index in [-0.39, 0.29) is 11.9 Å². The molecule has 0 bridgehead atoms. The Morgan fingerprint density at radius 1 is 1.26 bits per heavy atom. The number of amides is 2. The zero-order valence-electron chi connectivity index (χ0n) is 13.6. The van der Waals surface area contributed by atoms with Crippen LogP contribution in [0, 0.1) is 0 Å². The van der Waals surface area contributed by atoms with E-state index in [9.17, 15) is 9.59 Å². The average molecular weight is 316 g/mol. The lowest BCUT2D eigenvalue weighted by Crippen LogP contribution is -2.38. The van der Waals surface area contributed by atoms with E-state index >= 15 is 0 Å². The summed E-state index contributed by atoms with van der Waals surface area (Å²) in [4.78, 5) is 26.1. The first-order valence-corrected chi connectivity index (χ1v) is 8.50. The summed E-state index contributed by atoms with van der Waals surface area (Å²) in [6, 6.07) is 9.00.